The van der Waals surface area contributed by atoms with E-state index in [1.165, 1.54) is 24.3 Å². The SMILES string of the molecule is O=C(NC1CC(C(=O)O)C1)c1ccc(OCC(F)(F)F)cc1. The molecule has 0 atom stereocenters. The summed E-state index contributed by atoms with van der Waals surface area (Å²) in [6.07, 6.45) is -3.65. The number of carbonyl (C=O) groups excluding carboxylic acids is 1. The van der Waals surface area contributed by atoms with Gasteiger partial charge in [0.25, 0.3) is 5.91 Å². The van der Waals surface area contributed by atoms with Crippen LogP contribution in [-0.4, -0.2) is 35.8 Å². The number of aliphatic carboxylic acids is 1. The predicted octanol–water partition coefficient (Wildman–Crippen LogP) is 2.22. The van der Waals surface area contributed by atoms with Gasteiger partial charge < -0.3 is 15.2 Å². The maximum absolute atomic E-state index is 12.0. The minimum atomic E-state index is -4.42. The summed E-state index contributed by atoms with van der Waals surface area (Å²) < 4.78 is 40.5. The van der Waals surface area contributed by atoms with Crippen LogP contribution in [0.25, 0.3) is 0 Å². The van der Waals surface area contributed by atoms with Crippen molar-refractivity contribution in [3.8, 4) is 5.75 Å². The summed E-state index contributed by atoms with van der Waals surface area (Å²) in [5, 5.41) is 11.4. The smallest absolute Gasteiger partial charge is 0.422 e. The normalized spacial score (nSPS) is 20.9. The van der Waals surface area contributed by atoms with Crippen molar-refractivity contribution < 1.29 is 32.6 Å². The van der Waals surface area contributed by atoms with Crippen LogP contribution >= 0.6 is 0 Å². The Kier molecular flexibility index (Phi) is 4.58. The van der Waals surface area contributed by atoms with E-state index < -0.39 is 30.6 Å². The van der Waals surface area contributed by atoms with E-state index in [1.54, 1.807) is 0 Å². The number of amides is 1. The molecule has 1 aromatic rings. The quantitative estimate of drug-likeness (QED) is 0.873. The molecule has 1 aliphatic rings. The summed E-state index contributed by atoms with van der Waals surface area (Å²) in [6, 6.07) is 5.08. The van der Waals surface area contributed by atoms with Crippen molar-refractivity contribution in [3.05, 3.63) is 29.8 Å². The van der Waals surface area contributed by atoms with Gasteiger partial charge in [0.1, 0.15) is 5.75 Å². The number of ether oxygens (including phenoxy) is 1. The molecule has 0 unspecified atom stereocenters. The second kappa shape index (κ2) is 6.25. The molecule has 0 aromatic heterocycles. The van der Waals surface area contributed by atoms with Gasteiger partial charge in [0.15, 0.2) is 6.61 Å². The van der Waals surface area contributed by atoms with Crippen molar-refractivity contribution in [1.29, 1.82) is 0 Å². The van der Waals surface area contributed by atoms with E-state index in [0.717, 1.165) is 0 Å². The Morgan fingerprint density at radius 3 is 2.32 bits per heavy atom. The second-order valence-corrected chi connectivity index (χ2v) is 5.11. The van der Waals surface area contributed by atoms with Crippen LogP contribution in [0.5, 0.6) is 5.75 Å². The summed E-state index contributed by atoms with van der Waals surface area (Å²) >= 11 is 0. The first-order chi connectivity index (χ1) is 10.2. The van der Waals surface area contributed by atoms with Crippen molar-refractivity contribution in [2.75, 3.05) is 6.61 Å². The van der Waals surface area contributed by atoms with E-state index in [4.69, 9.17) is 5.11 Å². The van der Waals surface area contributed by atoms with Crippen molar-refractivity contribution in [3.63, 3.8) is 0 Å². The molecule has 0 spiro atoms. The Morgan fingerprint density at radius 1 is 1.23 bits per heavy atom. The Morgan fingerprint density at radius 2 is 1.82 bits per heavy atom. The average Bonchev–Trinajstić information content (AvgIpc) is 2.39. The molecule has 2 rings (SSSR count). The molecule has 0 bridgehead atoms. The van der Waals surface area contributed by atoms with Crippen LogP contribution in [-0.2, 0) is 4.79 Å². The molecule has 0 saturated heterocycles. The van der Waals surface area contributed by atoms with Crippen LogP contribution in [0.15, 0.2) is 24.3 Å². The lowest BCUT2D eigenvalue weighted by atomic mass is 9.80. The highest BCUT2D eigenvalue weighted by molar-refractivity contribution is 5.94. The number of hydrogen-bond acceptors (Lipinski definition) is 3. The summed E-state index contributed by atoms with van der Waals surface area (Å²) in [4.78, 5) is 22.5. The predicted molar refractivity (Wildman–Crippen MR) is 69.6 cm³/mol. The van der Waals surface area contributed by atoms with E-state index in [0.29, 0.717) is 12.8 Å². The number of alkyl halides is 3. The van der Waals surface area contributed by atoms with Crippen LogP contribution in [0.2, 0.25) is 0 Å². The molecule has 120 valence electrons. The van der Waals surface area contributed by atoms with E-state index in [9.17, 15) is 22.8 Å². The lowest BCUT2D eigenvalue weighted by Gasteiger charge is -2.32. The molecule has 1 aromatic carbocycles. The van der Waals surface area contributed by atoms with Gasteiger partial charge in [-0.1, -0.05) is 0 Å². The largest absolute Gasteiger partial charge is 0.484 e. The van der Waals surface area contributed by atoms with Crippen LogP contribution in [0.4, 0.5) is 13.2 Å². The molecule has 5 nitrogen and oxygen atoms in total. The molecular weight excluding hydrogens is 303 g/mol. The summed E-state index contributed by atoms with van der Waals surface area (Å²) in [7, 11) is 0. The Hall–Kier alpha value is -2.25. The fraction of sp³-hybridized carbons (Fsp3) is 0.429. The van der Waals surface area contributed by atoms with Gasteiger partial charge in [-0.3, -0.25) is 9.59 Å². The zero-order valence-electron chi connectivity index (χ0n) is 11.4. The highest BCUT2D eigenvalue weighted by atomic mass is 19.4. The maximum atomic E-state index is 12.0. The number of nitrogens with one attached hydrogen (secondary N) is 1. The van der Waals surface area contributed by atoms with Crippen molar-refractivity contribution in [1.82, 2.24) is 5.32 Å². The Bertz CT molecular complexity index is 550. The van der Waals surface area contributed by atoms with E-state index in [-0.39, 0.29) is 17.4 Å². The zero-order valence-corrected chi connectivity index (χ0v) is 11.4. The van der Waals surface area contributed by atoms with Crippen molar-refractivity contribution >= 4 is 11.9 Å². The minimum absolute atomic E-state index is 0.0171. The van der Waals surface area contributed by atoms with Crippen molar-refractivity contribution in [2.45, 2.75) is 25.1 Å². The highest BCUT2D eigenvalue weighted by Crippen LogP contribution is 2.27. The second-order valence-electron chi connectivity index (χ2n) is 5.11. The number of benzene rings is 1. The van der Waals surface area contributed by atoms with Crippen LogP contribution in [0.1, 0.15) is 23.2 Å². The number of hydrogen-bond donors (Lipinski definition) is 2. The summed E-state index contributed by atoms with van der Waals surface area (Å²) in [6.45, 7) is -1.39. The number of halogens is 3. The minimum Gasteiger partial charge on any atom is -0.484 e. The fourth-order valence-electron chi connectivity index (χ4n) is 2.07. The van der Waals surface area contributed by atoms with Gasteiger partial charge in [0.2, 0.25) is 0 Å². The first-order valence-electron chi connectivity index (χ1n) is 6.58. The molecule has 1 aliphatic carbocycles. The van der Waals surface area contributed by atoms with Gasteiger partial charge in [-0.05, 0) is 37.1 Å². The third-order valence-corrected chi connectivity index (χ3v) is 3.34. The first kappa shape index (κ1) is 16.1. The standard InChI is InChI=1S/C14H14F3NO4/c15-14(16,17)7-22-11-3-1-8(2-4-11)12(19)18-10-5-9(6-10)13(20)21/h1-4,9-10H,5-7H2,(H,18,19)(H,20,21). The Labute approximate surface area is 124 Å². The summed E-state index contributed by atoms with van der Waals surface area (Å²) in [5.74, 6) is -1.68. The zero-order chi connectivity index (χ0) is 16.3. The lowest BCUT2D eigenvalue weighted by Crippen LogP contribution is -2.46. The van der Waals surface area contributed by atoms with Gasteiger partial charge in [0, 0.05) is 11.6 Å². The molecule has 8 heteroatoms. The van der Waals surface area contributed by atoms with Crippen LogP contribution < -0.4 is 10.1 Å². The van der Waals surface area contributed by atoms with Gasteiger partial charge >= 0.3 is 12.1 Å². The molecule has 1 fully saturated rings. The van der Waals surface area contributed by atoms with Crippen molar-refractivity contribution in [2.24, 2.45) is 5.92 Å². The monoisotopic (exact) mass is 317 g/mol. The fourth-order valence-corrected chi connectivity index (χ4v) is 2.07. The molecule has 0 aliphatic heterocycles. The van der Waals surface area contributed by atoms with E-state index >= 15 is 0 Å². The number of carbonyl (C=O) groups is 2. The molecule has 1 amide bonds. The van der Waals surface area contributed by atoms with E-state index in [2.05, 4.69) is 10.1 Å². The first-order valence-corrected chi connectivity index (χ1v) is 6.58. The topological polar surface area (TPSA) is 75.6 Å². The van der Waals surface area contributed by atoms with Gasteiger partial charge in [-0.25, -0.2) is 0 Å². The molecular formula is C14H14F3NO4. The molecule has 0 radical (unpaired) electrons. The summed E-state index contributed by atoms with van der Waals surface area (Å²) in [5.41, 5.74) is 0.276. The van der Waals surface area contributed by atoms with Gasteiger partial charge in [0.05, 0.1) is 5.92 Å². The lowest BCUT2D eigenvalue weighted by molar-refractivity contribution is -0.153. The third-order valence-electron chi connectivity index (χ3n) is 3.34. The molecule has 1 saturated carbocycles. The highest BCUT2D eigenvalue weighted by Gasteiger charge is 2.35. The molecule has 22 heavy (non-hydrogen) atoms. The van der Waals surface area contributed by atoms with Crippen LogP contribution in [0.3, 0.4) is 0 Å². The molecule has 0 heterocycles. The number of rotatable bonds is 5. The Balaban J connectivity index is 1.83. The van der Waals surface area contributed by atoms with Crippen LogP contribution in [0, 0.1) is 5.92 Å². The average molecular weight is 317 g/mol. The van der Waals surface area contributed by atoms with Gasteiger partial charge in [-0.15, -0.1) is 0 Å². The number of carboxylic acid groups (broad SMARTS) is 1. The van der Waals surface area contributed by atoms with E-state index in [1.807, 2.05) is 0 Å². The number of carboxylic acids is 1. The molecule has 2 N–H and O–H groups in total. The van der Waals surface area contributed by atoms with Gasteiger partial charge in [-0.2, -0.15) is 13.2 Å². The maximum Gasteiger partial charge on any atom is 0.422 e. The third kappa shape index (κ3) is 4.37.